The monoisotopic (exact) mass is 264 g/mol. The number of benzene rings is 1. The van der Waals surface area contributed by atoms with Crippen molar-refractivity contribution >= 4 is 11.3 Å². The standard InChI is InChI=1S/C14H17FN2S/c1-8-5-6-11(15)7-12(8)14-17-10(3)13(18-14)9(2)16-4/h5-7,9,16H,1-4H3. The fraction of sp³-hybridized carbons (Fsp3) is 0.357. The van der Waals surface area contributed by atoms with E-state index in [2.05, 4.69) is 17.2 Å². The van der Waals surface area contributed by atoms with Gasteiger partial charge in [0.05, 0.1) is 5.69 Å². The van der Waals surface area contributed by atoms with Gasteiger partial charge in [-0.05, 0) is 45.5 Å². The normalized spacial score (nSPS) is 12.7. The Labute approximate surface area is 111 Å². The highest BCUT2D eigenvalue weighted by Gasteiger charge is 2.15. The molecular formula is C14H17FN2S. The van der Waals surface area contributed by atoms with E-state index in [1.807, 2.05) is 20.9 Å². The van der Waals surface area contributed by atoms with Gasteiger partial charge in [-0.3, -0.25) is 0 Å². The minimum Gasteiger partial charge on any atom is -0.312 e. The van der Waals surface area contributed by atoms with Crippen molar-refractivity contribution in [3.63, 3.8) is 0 Å². The molecule has 2 aromatic rings. The lowest BCUT2D eigenvalue weighted by Crippen LogP contribution is -2.11. The zero-order chi connectivity index (χ0) is 13.3. The second-order valence-corrected chi connectivity index (χ2v) is 5.47. The van der Waals surface area contributed by atoms with Crippen LogP contribution < -0.4 is 5.32 Å². The van der Waals surface area contributed by atoms with E-state index in [9.17, 15) is 4.39 Å². The number of aromatic nitrogens is 1. The predicted molar refractivity (Wildman–Crippen MR) is 74.5 cm³/mol. The third kappa shape index (κ3) is 2.44. The molecule has 1 N–H and O–H groups in total. The summed E-state index contributed by atoms with van der Waals surface area (Å²) >= 11 is 1.63. The first-order chi connectivity index (χ1) is 8.52. The molecule has 0 aliphatic heterocycles. The van der Waals surface area contributed by atoms with Crippen LogP contribution in [0.3, 0.4) is 0 Å². The van der Waals surface area contributed by atoms with Crippen LogP contribution in [-0.2, 0) is 0 Å². The number of aryl methyl sites for hydroxylation is 2. The molecule has 4 heteroatoms. The second kappa shape index (κ2) is 5.16. The molecule has 1 atom stereocenters. The lowest BCUT2D eigenvalue weighted by atomic mass is 10.1. The molecule has 1 heterocycles. The van der Waals surface area contributed by atoms with Crippen LogP contribution in [0.2, 0.25) is 0 Å². The van der Waals surface area contributed by atoms with Crippen LogP contribution in [0.5, 0.6) is 0 Å². The van der Waals surface area contributed by atoms with Crippen molar-refractivity contribution in [2.24, 2.45) is 0 Å². The lowest BCUT2D eigenvalue weighted by Gasteiger charge is -2.07. The first kappa shape index (κ1) is 13.2. The molecule has 0 amide bonds. The zero-order valence-electron chi connectivity index (χ0n) is 11.0. The molecule has 0 spiro atoms. The summed E-state index contributed by atoms with van der Waals surface area (Å²) < 4.78 is 13.3. The van der Waals surface area contributed by atoms with Crippen molar-refractivity contribution in [3.8, 4) is 10.6 Å². The van der Waals surface area contributed by atoms with Gasteiger partial charge in [0.15, 0.2) is 0 Å². The maximum atomic E-state index is 13.3. The van der Waals surface area contributed by atoms with Crippen molar-refractivity contribution in [2.45, 2.75) is 26.8 Å². The molecule has 96 valence electrons. The van der Waals surface area contributed by atoms with E-state index in [0.717, 1.165) is 21.8 Å². The summed E-state index contributed by atoms with van der Waals surface area (Å²) in [6.07, 6.45) is 0. The van der Waals surface area contributed by atoms with Gasteiger partial charge in [0, 0.05) is 16.5 Å². The Balaban J connectivity index is 2.49. The fourth-order valence-electron chi connectivity index (χ4n) is 1.88. The molecule has 0 fully saturated rings. The van der Waals surface area contributed by atoms with Gasteiger partial charge in [-0.1, -0.05) is 6.07 Å². The molecular weight excluding hydrogens is 247 g/mol. The van der Waals surface area contributed by atoms with E-state index < -0.39 is 0 Å². The summed E-state index contributed by atoms with van der Waals surface area (Å²) in [5.41, 5.74) is 2.95. The van der Waals surface area contributed by atoms with E-state index in [-0.39, 0.29) is 11.9 Å². The third-order valence-electron chi connectivity index (χ3n) is 3.09. The number of thiazole rings is 1. The highest BCUT2D eigenvalue weighted by molar-refractivity contribution is 7.15. The fourth-order valence-corrected chi connectivity index (χ4v) is 3.09. The molecule has 0 saturated carbocycles. The van der Waals surface area contributed by atoms with Crippen LogP contribution in [0.1, 0.15) is 29.1 Å². The van der Waals surface area contributed by atoms with E-state index in [4.69, 9.17) is 0 Å². The Morgan fingerprint density at radius 3 is 2.72 bits per heavy atom. The van der Waals surface area contributed by atoms with Gasteiger partial charge < -0.3 is 5.32 Å². The molecule has 0 bridgehead atoms. The predicted octanol–water partition coefficient (Wildman–Crippen LogP) is 3.85. The molecule has 0 saturated heterocycles. The van der Waals surface area contributed by atoms with Gasteiger partial charge in [-0.15, -0.1) is 11.3 Å². The van der Waals surface area contributed by atoms with Crippen molar-refractivity contribution in [1.82, 2.24) is 10.3 Å². The Kier molecular flexibility index (Phi) is 3.78. The molecule has 1 aromatic carbocycles. The maximum absolute atomic E-state index is 13.3. The summed E-state index contributed by atoms with van der Waals surface area (Å²) in [4.78, 5) is 5.77. The van der Waals surface area contributed by atoms with Gasteiger partial charge >= 0.3 is 0 Å². The van der Waals surface area contributed by atoms with Gasteiger partial charge in [-0.25, -0.2) is 9.37 Å². The van der Waals surface area contributed by atoms with Gasteiger partial charge in [-0.2, -0.15) is 0 Å². The Morgan fingerprint density at radius 2 is 2.06 bits per heavy atom. The summed E-state index contributed by atoms with van der Waals surface area (Å²) in [5, 5.41) is 4.10. The summed E-state index contributed by atoms with van der Waals surface area (Å²) in [7, 11) is 1.93. The Hall–Kier alpha value is -1.26. The first-order valence-electron chi connectivity index (χ1n) is 5.94. The smallest absolute Gasteiger partial charge is 0.124 e. The molecule has 18 heavy (non-hydrogen) atoms. The third-order valence-corrected chi connectivity index (χ3v) is 4.46. The summed E-state index contributed by atoms with van der Waals surface area (Å²) in [6.45, 7) is 6.08. The quantitative estimate of drug-likeness (QED) is 0.911. The van der Waals surface area contributed by atoms with Crippen molar-refractivity contribution in [1.29, 1.82) is 0 Å². The zero-order valence-corrected chi connectivity index (χ0v) is 11.9. The van der Waals surface area contributed by atoms with Crippen LogP contribution in [0.25, 0.3) is 10.6 Å². The molecule has 1 unspecified atom stereocenters. The SMILES string of the molecule is CNC(C)c1sc(-c2cc(F)ccc2C)nc1C. The highest BCUT2D eigenvalue weighted by atomic mass is 32.1. The minimum absolute atomic E-state index is 0.216. The average molecular weight is 264 g/mol. The number of hydrogen-bond donors (Lipinski definition) is 1. The van der Waals surface area contributed by atoms with Crippen molar-refractivity contribution in [3.05, 3.63) is 40.2 Å². The van der Waals surface area contributed by atoms with E-state index in [1.165, 1.54) is 10.9 Å². The van der Waals surface area contributed by atoms with Crippen LogP contribution in [0.4, 0.5) is 4.39 Å². The van der Waals surface area contributed by atoms with E-state index in [0.29, 0.717) is 0 Å². The molecule has 2 rings (SSSR count). The Morgan fingerprint density at radius 1 is 1.33 bits per heavy atom. The van der Waals surface area contributed by atoms with Crippen LogP contribution in [-0.4, -0.2) is 12.0 Å². The van der Waals surface area contributed by atoms with Gasteiger partial charge in [0.25, 0.3) is 0 Å². The second-order valence-electron chi connectivity index (χ2n) is 4.44. The van der Waals surface area contributed by atoms with Crippen molar-refractivity contribution in [2.75, 3.05) is 7.05 Å². The number of rotatable bonds is 3. The molecule has 0 aliphatic carbocycles. The number of nitrogens with zero attached hydrogens (tertiary/aromatic N) is 1. The first-order valence-corrected chi connectivity index (χ1v) is 6.75. The average Bonchev–Trinajstić information content (AvgIpc) is 2.73. The maximum Gasteiger partial charge on any atom is 0.124 e. The number of hydrogen-bond acceptors (Lipinski definition) is 3. The van der Waals surface area contributed by atoms with Crippen LogP contribution in [0.15, 0.2) is 18.2 Å². The lowest BCUT2D eigenvalue weighted by molar-refractivity contribution is 0.628. The Bertz CT molecular complexity index is 563. The molecule has 0 radical (unpaired) electrons. The van der Waals surface area contributed by atoms with Crippen LogP contribution >= 0.6 is 11.3 Å². The molecule has 0 aliphatic rings. The van der Waals surface area contributed by atoms with E-state index in [1.54, 1.807) is 23.5 Å². The molecule has 2 nitrogen and oxygen atoms in total. The molecule has 1 aromatic heterocycles. The number of halogens is 1. The summed E-state index contributed by atoms with van der Waals surface area (Å²) in [5.74, 6) is -0.216. The van der Waals surface area contributed by atoms with Crippen molar-refractivity contribution < 1.29 is 4.39 Å². The van der Waals surface area contributed by atoms with Crippen LogP contribution in [0, 0.1) is 19.7 Å². The summed E-state index contributed by atoms with van der Waals surface area (Å²) in [6, 6.07) is 5.10. The van der Waals surface area contributed by atoms with Gasteiger partial charge in [0.2, 0.25) is 0 Å². The van der Waals surface area contributed by atoms with Gasteiger partial charge in [0.1, 0.15) is 10.8 Å². The number of nitrogens with one attached hydrogen (secondary N) is 1. The highest BCUT2D eigenvalue weighted by Crippen LogP contribution is 2.33. The minimum atomic E-state index is -0.216. The largest absolute Gasteiger partial charge is 0.312 e. The topological polar surface area (TPSA) is 24.9 Å². The van der Waals surface area contributed by atoms with E-state index >= 15 is 0 Å².